The molecule has 2 aromatic rings. The van der Waals surface area contributed by atoms with E-state index >= 15 is 0 Å². The SMILES string of the molecule is O=NC1=C2CCC=CC2N=C1c1c[nH]c2ccccc12. The number of hydrogen-bond donors (Lipinski definition) is 1. The summed E-state index contributed by atoms with van der Waals surface area (Å²) in [6.45, 7) is 0. The van der Waals surface area contributed by atoms with Gasteiger partial charge in [0.25, 0.3) is 0 Å². The fourth-order valence-electron chi connectivity index (χ4n) is 3.03. The average molecular weight is 263 g/mol. The largest absolute Gasteiger partial charge is 0.360 e. The van der Waals surface area contributed by atoms with Gasteiger partial charge in [0, 0.05) is 22.7 Å². The monoisotopic (exact) mass is 263 g/mol. The number of hydrogen-bond acceptors (Lipinski definition) is 3. The zero-order valence-corrected chi connectivity index (χ0v) is 10.8. The Morgan fingerprint density at radius 2 is 2.20 bits per heavy atom. The Bertz CT molecular complexity index is 795. The van der Waals surface area contributed by atoms with Gasteiger partial charge in [-0.15, -0.1) is 4.91 Å². The van der Waals surface area contributed by atoms with E-state index in [9.17, 15) is 4.91 Å². The molecule has 1 aliphatic heterocycles. The summed E-state index contributed by atoms with van der Waals surface area (Å²) in [6.07, 6.45) is 7.93. The zero-order chi connectivity index (χ0) is 13.5. The number of H-pyrrole nitrogens is 1. The lowest BCUT2D eigenvalue weighted by Crippen LogP contribution is -2.05. The van der Waals surface area contributed by atoms with Crippen molar-refractivity contribution in [2.75, 3.05) is 0 Å². The summed E-state index contributed by atoms with van der Waals surface area (Å²) in [4.78, 5) is 19.2. The van der Waals surface area contributed by atoms with Crippen molar-refractivity contribution >= 4 is 16.6 Å². The first kappa shape index (κ1) is 11.3. The number of allylic oxidation sites excluding steroid dienone is 2. The Kier molecular flexibility index (Phi) is 2.42. The molecule has 2 heterocycles. The smallest absolute Gasteiger partial charge is 0.135 e. The standard InChI is InChI=1S/C16H13N3O/c20-19-16-11-6-2-4-8-14(11)18-15(16)12-9-17-13-7-3-1-5-10(12)13/h1,3-5,7-9,14,17H,2,6H2. The number of para-hydroxylation sites is 1. The molecule has 0 spiro atoms. The Morgan fingerprint density at radius 1 is 1.30 bits per heavy atom. The van der Waals surface area contributed by atoms with Gasteiger partial charge in [0.2, 0.25) is 0 Å². The minimum Gasteiger partial charge on any atom is -0.360 e. The van der Waals surface area contributed by atoms with Crippen LogP contribution in [0.2, 0.25) is 0 Å². The van der Waals surface area contributed by atoms with Gasteiger partial charge in [-0.2, -0.15) is 0 Å². The Hall–Kier alpha value is -2.49. The lowest BCUT2D eigenvalue weighted by Gasteiger charge is -2.11. The highest BCUT2D eigenvalue weighted by atomic mass is 16.3. The second-order valence-corrected chi connectivity index (χ2v) is 5.10. The minimum absolute atomic E-state index is 0.000104. The predicted octanol–water partition coefficient (Wildman–Crippen LogP) is 3.71. The molecule has 0 amide bonds. The molecule has 0 bridgehead atoms. The van der Waals surface area contributed by atoms with Crippen LogP contribution in [0.25, 0.3) is 10.9 Å². The highest BCUT2D eigenvalue weighted by Gasteiger charge is 2.30. The number of nitroso groups, excluding NO2 is 1. The fourth-order valence-corrected chi connectivity index (χ4v) is 3.03. The molecular weight excluding hydrogens is 250 g/mol. The number of aromatic nitrogens is 1. The van der Waals surface area contributed by atoms with Gasteiger partial charge in [-0.05, 0) is 29.7 Å². The lowest BCUT2D eigenvalue weighted by atomic mass is 9.95. The number of nitrogens with zero attached hydrogens (tertiary/aromatic N) is 2. The number of aromatic amines is 1. The van der Waals surface area contributed by atoms with E-state index in [1.54, 1.807) is 0 Å². The number of nitrogens with one attached hydrogen (secondary N) is 1. The molecule has 1 aromatic heterocycles. The highest BCUT2D eigenvalue weighted by molar-refractivity contribution is 6.20. The first-order chi connectivity index (χ1) is 9.88. The molecule has 0 saturated heterocycles. The first-order valence-corrected chi connectivity index (χ1v) is 6.76. The van der Waals surface area contributed by atoms with Crippen molar-refractivity contribution in [1.82, 2.24) is 4.98 Å². The van der Waals surface area contributed by atoms with Gasteiger partial charge in [0.1, 0.15) is 5.70 Å². The number of benzene rings is 1. The van der Waals surface area contributed by atoms with Gasteiger partial charge in [0.05, 0.1) is 11.8 Å². The van der Waals surface area contributed by atoms with Gasteiger partial charge in [-0.25, -0.2) is 0 Å². The van der Waals surface area contributed by atoms with Crippen LogP contribution in [0.4, 0.5) is 0 Å². The average Bonchev–Trinajstić information content (AvgIpc) is 3.07. The highest BCUT2D eigenvalue weighted by Crippen LogP contribution is 2.34. The third kappa shape index (κ3) is 1.51. The van der Waals surface area contributed by atoms with Gasteiger partial charge in [-0.3, -0.25) is 4.99 Å². The van der Waals surface area contributed by atoms with Crippen molar-refractivity contribution < 1.29 is 0 Å². The third-order valence-electron chi connectivity index (χ3n) is 3.99. The quantitative estimate of drug-likeness (QED) is 0.651. The van der Waals surface area contributed by atoms with Crippen molar-refractivity contribution in [1.29, 1.82) is 0 Å². The molecule has 4 rings (SSSR count). The molecule has 98 valence electrons. The Morgan fingerprint density at radius 3 is 3.10 bits per heavy atom. The number of rotatable bonds is 2. The first-order valence-electron chi connectivity index (χ1n) is 6.76. The normalized spacial score (nSPS) is 21.2. The van der Waals surface area contributed by atoms with Gasteiger partial charge < -0.3 is 4.98 Å². The van der Waals surface area contributed by atoms with Crippen LogP contribution >= 0.6 is 0 Å². The van der Waals surface area contributed by atoms with Crippen LogP contribution < -0.4 is 0 Å². The maximum atomic E-state index is 11.3. The summed E-state index contributed by atoms with van der Waals surface area (Å²) in [5.74, 6) is 0. The molecule has 1 atom stereocenters. The van der Waals surface area contributed by atoms with Gasteiger partial charge >= 0.3 is 0 Å². The number of fused-ring (bicyclic) bond motifs is 2. The number of aliphatic imine (C=N–C) groups is 1. The van der Waals surface area contributed by atoms with Crippen molar-refractivity contribution in [3.05, 3.63) is 64.4 Å². The van der Waals surface area contributed by atoms with E-state index < -0.39 is 0 Å². The van der Waals surface area contributed by atoms with Crippen LogP contribution in [0.3, 0.4) is 0 Å². The second kappa shape index (κ2) is 4.27. The lowest BCUT2D eigenvalue weighted by molar-refractivity contribution is 0.815. The molecule has 1 N–H and O–H groups in total. The third-order valence-corrected chi connectivity index (χ3v) is 3.99. The molecule has 1 aliphatic carbocycles. The van der Waals surface area contributed by atoms with E-state index in [0.29, 0.717) is 5.70 Å². The topological polar surface area (TPSA) is 57.6 Å². The summed E-state index contributed by atoms with van der Waals surface area (Å²) in [5, 5.41) is 4.35. The van der Waals surface area contributed by atoms with Gasteiger partial charge in [0.15, 0.2) is 0 Å². The molecule has 0 saturated carbocycles. The summed E-state index contributed by atoms with van der Waals surface area (Å²) in [7, 11) is 0. The van der Waals surface area contributed by atoms with Crippen LogP contribution in [0.5, 0.6) is 0 Å². The fraction of sp³-hybridized carbons (Fsp3) is 0.188. The van der Waals surface area contributed by atoms with Crippen molar-refractivity contribution in [2.24, 2.45) is 10.2 Å². The van der Waals surface area contributed by atoms with E-state index in [1.807, 2.05) is 30.5 Å². The Balaban J connectivity index is 1.92. The van der Waals surface area contributed by atoms with Crippen LogP contribution in [-0.4, -0.2) is 16.7 Å². The molecule has 1 aromatic carbocycles. The van der Waals surface area contributed by atoms with Crippen LogP contribution in [0.15, 0.2) is 64.1 Å². The van der Waals surface area contributed by atoms with Crippen molar-refractivity contribution in [3.8, 4) is 0 Å². The molecule has 2 aliphatic rings. The molecule has 1 unspecified atom stereocenters. The van der Waals surface area contributed by atoms with Crippen molar-refractivity contribution in [2.45, 2.75) is 18.9 Å². The maximum absolute atomic E-state index is 11.3. The van der Waals surface area contributed by atoms with Crippen LogP contribution in [0, 0.1) is 4.91 Å². The molecular formula is C16H13N3O. The Labute approximate surface area is 115 Å². The molecule has 0 fully saturated rings. The van der Waals surface area contributed by atoms with E-state index in [-0.39, 0.29) is 6.04 Å². The summed E-state index contributed by atoms with van der Waals surface area (Å²) in [6, 6.07) is 8.03. The summed E-state index contributed by atoms with van der Waals surface area (Å²) in [5.41, 5.74) is 4.33. The summed E-state index contributed by atoms with van der Waals surface area (Å²) >= 11 is 0. The minimum atomic E-state index is 0.000104. The van der Waals surface area contributed by atoms with E-state index in [2.05, 4.69) is 22.3 Å². The van der Waals surface area contributed by atoms with E-state index in [0.717, 1.165) is 40.6 Å². The van der Waals surface area contributed by atoms with Crippen LogP contribution in [0.1, 0.15) is 18.4 Å². The van der Waals surface area contributed by atoms with Crippen molar-refractivity contribution in [3.63, 3.8) is 0 Å². The van der Waals surface area contributed by atoms with E-state index in [1.165, 1.54) is 0 Å². The zero-order valence-electron chi connectivity index (χ0n) is 10.8. The van der Waals surface area contributed by atoms with Gasteiger partial charge in [-0.1, -0.05) is 30.4 Å². The van der Waals surface area contributed by atoms with E-state index in [4.69, 9.17) is 4.99 Å². The second-order valence-electron chi connectivity index (χ2n) is 5.10. The predicted molar refractivity (Wildman–Crippen MR) is 79.8 cm³/mol. The van der Waals surface area contributed by atoms with Crippen LogP contribution in [-0.2, 0) is 0 Å². The molecule has 20 heavy (non-hydrogen) atoms. The molecule has 0 radical (unpaired) electrons. The maximum Gasteiger partial charge on any atom is 0.135 e. The molecule has 4 nitrogen and oxygen atoms in total. The molecule has 4 heteroatoms. The summed E-state index contributed by atoms with van der Waals surface area (Å²) < 4.78 is 0.